The van der Waals surface area contributed by atoms with Crippen molar-refractivity contribution in [2.75, 3.05) is 32.7 Å². The van der Waals surface area contributed by atoms with Gasteiger partial charge in [-0.1, -0.05) is 22.8 Å². The minimum atomic E-state index is 0.524. The van der Waals surface area contributed by atoms with E-state index in [1.165, 1.54) is 0 Å². The Morgan fingerprint density at radius 3 is 2.90 bits per heavy atom. The molecule has 1 aliphatic heterocycles. The lowest BCUT2D eigenvalue weighted by Gasteiger charge is -2.25. The zero-order chi connectivity index (χ0) is 13.8. The number of aromatic nitrogens is 2. The van der Waals surface area contributed by atoms with Gasteiger partial charge in [0.05, 0.1) is 0 Å². The summed E-state index contributed by atoms with van der Waals surface area (Å²) in [5.74, 6) is 1.26. The fourth-order valence-electron chi connectivity index (χ4n) is 2.22. The van der Waals surface area contributed by atoms with E-state index in [2.05, 4.69) is 20.4 Å². The van der Waals surface area contributed by atoms with E-state index >= 15 is 0 Å². The smallest absolute Gasteiger partial charge is 0.257 e. The second-order valence-electron chi connectivity index (χ2n) is 4.79. The molecule has 2 heterocycles. The van der Waals surface area contributed by atoms with Gasteiger partial charge in [0.25, 0.3) is 5.89 Å². The third-order valence-electron chi connectivity index (χ3n) is 3.34. The molecule has 0 saturated carbocycles. The molecule has 0 N–H and O–H groups in total. The number of rotatable bonds is 4. The van der Waals surface area contributed by atoms with Crippen LogP contribution in [0.1, 0.15) is 5.82 Å². The predicted molar refractivity (Wildman–Crippen MR) is 76.8 cm³/mol. The average molecular weight is 292 g/mol. The SMILES string of the molecule is Clc1cccc(-c2nc(CCN3CC[N]CC3)no2)c1. The number of benzene rings is 1. The van der Waals surface area contributed by atoms with Gasteiger partial charge in [-0.05, 0) is 18.2 Å². The highest BCUT2D eigenvalue weighted by Gasteiger charge is 2.13. The Balaban J connectivity index is 1.61. The second kappa shape index (κ2) is 6.35. The summed E-state index contributed by atoms with van der Waals surface area (Å²) in [4.78, 5) is 6.80. The lowest BCUT2D eigenvalue weighted by atomic mass is 10.2. The normalized spacial score (nSPS) is 16.4. The first-order chi connectivity index (χ1) is 9.81. The Hall–Kier alpha value is -1.43. The molecular weight excluding hydrogens is 276 g/mol. The van der Waals surface area contributed by atoms with E-state index in [9.17, 15) is 0 Å². The van der Waals surface area contributed by atoms with Gasteiger partial charge in [-0.15, -0.1) is 0 Å². The van der Waals surface area contributed by atoms with Gasteiger partial charge in [0.2, 0.25) is 0 Å². The summed E-state index contributed by atoms with van der Waals surface area (Å²) < 4.78 is 5.29. The van der Waals surface area contributed by atoms with Gasteiger partial charge in [-0.2, -0.15) is 4.98 Å². The molecule has 0 amide bonds. The number of halogens is 1. The van der Waals surface area contributed by atoms with E-state index in [0.29, 0.717) is 10.9 Å². The van der Waals surface area contributed by atoms with Crippen LogP contribution in [0.4, 0.5) is 0 Å². The molecule has 0 atom stereocenters. The molecule has 20 heavy (non-hydrogen) atoms. The predicted octanol–water partition coefficient (Wildman–Crippen LogP) is 1.85. The molecule has 3 rings (SSSR count). The summed E-state index contributed by atoms with van der Waals surface area (Å²) in [5, 5.41) is 9.02. The molecule has 0 aliphatic carbocycles. The van der Waals surface area contributed by atoms with Crippen LogP contribution in [0.3, 0.4) is 0 Å². The Morgan fingerprint density at radius 2 is 2.10 bits per heavy atom. The summed E-state index contributed by atoms with van der Waals surface area (Å²) in [6, 6.07) is 7.43. The van der Waals surface area contributed by atoms with E-state index in [-0.39, 0.29) is 0 Å². The molecule has 1 fully saturated rings. The van der Waals surface area contributed by atoms with Gasteiger partial charge in [-0.25, -0.2) is 5.32 Å². The van der Waals surface area contributed by atoms with Crippen molar-refractivity contribution in [2.24, 2.45) is 0 Å². The van der Waals surface area contributed by atoms with Crippen LogP contribution in [0, 0.1) is 0 Å². The Morgan fingerprint density at radius 1 is 1.25 bits per heavy atom. The van der Waals surface area contributed by atoms with Gasteiger partial charge in [0.15, 0.2) is 5.82 Å². The number of hydrogen-bond acceptors (Lipinski definition) is 4. The fourth-order valence-corrected chi connectivity index (χ4v) is 2.41. The summed E-state index contributed by atoms with van der Waals surface area (Å²) in [6.07, 6.45) is 0.796. The van der Waals surface area contributed by atoms with Crippen molar-refractivity contribution >= 4 is 11.6 Å². The van der Waals surface area contributed by atoms with Gasteiger partial charge >= 0.3 is 0 Å². The van der Waals surface area contributed by atoms with Crippen LogP contribution >= 0.6 is 11.6 Å². The lowest BCUT2D eigenvalue weighted by molar-refractivity contribution is 0.239. The molecule has 1 saturated heterocycles. The minimum Gasteiger partial charge on any atom is -0.334 e. The van der Waals surface area contributed by atoms with Crippen LogP contribution in [-0.2, 0) is 6.42 Å². The van der Waals surface area contributed by atoms with E-state index in [1.807, 2.05) is 24.3 Å². The van der Waals surface area contributed by atoms with Crippen molar-refractivity contribution in [1.82, 2.24) is 20.4 Å². The molecule has 0 unspecified atom stereocenters. The first kappa shape index (κ1) is 13.5. The fraction of sp³-hybridized carbons (Fsp3) is 0.429. The van der Waals surface area contributed by atoms with Crippen LogP contribution in [0.15, 0.2) is 28.8 Å². The molecule has 105 valence electrons. The molecule has 1 aliphatic rings. The monoisotopic (exact) mass is 291 g/mol. The van der Waals surface area contributed by atoms with Crippen molar-refractivity contribution in [3.8, 4) is 11.5 Å². The molecule has 0 spiro atoms. The van der Waals surface area contributed by atoms with E-state index in [0.717, 1.165) is 50.5 Å². The molecular formula is C14H16ClN4O. The van der Waals surface area contributed by atoms with Gasteiger partial charge in [0.1, 0.15) is 0 Å². The Kier molecular flexibility index (Phi) is 4.30. The molecule has 5 nitrogen and oxygen atoms in total. The van der Waals surface area contributed by atoms with Gasteiger partial charge in [0, 0.05) is 49.7 Å². The number of piperazine rings is 1. The third-order valence-corrected chi connectivity index (χ3v) is 3.58. The maximum absolute atomic E-state index is 5.96. The summed E-state index contributed by atoms with van der Waals surface area (Å²) in [6.45, 7) is 4.86. The summed E-state index contributed by atoms with van der Waals surface area (Å²) >= 11 is 5.96. The average Bonchev–Trinajstić information content (AvgIpc) is 2.95. The largest absolute Gasteiger partial charge is 0.334 e. The van der Waals surface area contributed by atoms with Crippen molar-refractivity contribution in [3.63, 3.8) is 0 Å². The highest BCUT2D eigenvalue weighted by Crippen LogP contribution is 2.20. The molecule has 0 bridgehead atoms. The lowest BCUT2D eigenvalue weighted by Crippen LogP contribution is -2.41. The van der Waals surface area contributed by atoms with E-state index < -0.39 is 0 Å². The van der Waals surface area contributed by atoms with E-state index in [4.69, 9.17) is 16.1 Å². The highest BCUT2D eigenvalue weighted by molar-refractivity contribution is 6.30. The zero-order valence-electron chi connectivity index (χ0n) is 11.1. The molecule has 1 aromatic carbocycles. The van der Waals surface area contributed by atoms with Crippen molar-refractivity contribution in [2.45, 2.75) is 6.42 Å². The first-order valence-corrected chi connectivity index (χ1v) is 7.13. The van der Waals surface area contributed by atoms with Crippen LogP contribution in [-0.4, -0.2) is 47.8 Å². The quantitative estimate of drug-likeness (QED) is 0.863. The second-order valence-corrected chi connectivity index (χ2v) is 5.23. The van der Waals surface area contributed by atoms with E-state index in [1.54, 1.807) is 0 Å². The maximum Gasteiger partial charge on any atom is 0.257 e. The summed E-state index contributed by atoms with van der Waals surface area (Å²) in [7, 11) is 0. The number of nitrogens with zero attached hydrogens (tertiary/aromatic N) is 4. The van der Waals surface area contributed by atoms with Gasteiger partial charge in [-0.3, -0.25) is 0 Å². The van der Waals surface area contributed by atoms with Crippen molar-refractivity contribution in [3.05, 3.63) is 35.1 Å². The highest BCUT2D eigenvalue weighted by atomic mass is 35.5. The number of hydrogen-bond donors (Lipinski definition) is 0. The Bertz CT molecular complexity index is 566. The zero-order valence-corrected chi connectivity index (χ0v) is 11.9. The molecule has 1 aromatic heterocycles. The molecule has 2 aromatic rings. The van der Waals surface area contributed by atoms with Crippen LogP contribution in [0.25, 0.3) is 11.5 Å². The van der Waals surface area contributed by atoms with Crippen LogP contribution < -0.4 is 5.32 Å². The molecule has 1 radical (unpaired) electrons. The molecule has 6 heteroatoms. The summed E-state index contributed by atoms with van der Waals surface area (Å²) in [5.41, 5.74) is 0.855. The Labute approximate surface area is 122 Å². The third kappa shape index (κ3) is 3.36. The first-order valence-electron chi connectivity index (χ1n) is 6.75. The standard InChI is InChI=1S/C14H16ClN4O/c15-12-3-1-2-11(10-12)14-17-13(18-20-14)4-7-19-8-5-16-6-9-19/h1-3,10H,4-9H2. The minimum absolute atomic E-state index is 0.524. The van der Waals surface area contributed by atoms with Crippen molar-refractivity contribution < 1.29 is 4.52 Å². The topological polar surface area (TPSA) is 56.3 Å². The van der Waals surface area contributed by atoms with Crippen LogP contribution in [0.2, 0.25) is 5.02 Å². The van der Waals surface area contributed by atoms with Gasteiger partial charge < -0.3 is 9.42 Å². The maximum atomic E-state index is 5.96. The van der Waals surface area contributed by atoms with Crippen molar-refractivity contribution in [1.29, 1.82) is 0 Å². The van der Waals surface area contributed by atoms with Crippen LogP contribution in [0.5, 0.6) is 0 Å².